The van der Waals surface area contributed by atoms with Crippen molar-refractivity contribution in [2.24, 2.45) is 5.41 Å². The lowest BCUT2D eigenvalue weighted by molar-refractivity contribution is 0.257. The maximum absolute atomic E-state index is 4.64. The highest BCUT2D eigenvalue weighted by molar-refractivity contribution is 9.09. The molecule has 1 nitrogen and oxygen atoms in total. The van der Waals surface area contributed by atoms with Gasteiger partial charge in [0, 0.05) is 22.6 Å². The highest BCUT2D eigenvalue weighted by atomic mass is 79.9. The van der Waals surface area contributed by atoms with Gasteiger partial charge in [0.25, 0.3) is 0 Å². The van der Waals surface area contributed by atoms with Crippen molar-refractivity contribution in [1.29, 1.82) is 0 Å². The van der Waals surface area contributed by atoms with E-state index >= 15 is 0 Å². The van der Waals surface area contributed by atoms with E-state index in [0.29, 0.717) is 11.3 Å². The number of aromatic nitrogens is 1. The number of hydrogen-bond acceptors (Lipinski definition) is 1. The number of alkyl halides is 1. The molecule has 0 aliphatic heterocycles. The SMILES string of the molecule is CC1(C2CCc3cccnc32)CCC(Br)C1. The number of nitrogens with zero attached hydrogens (tertiary/aromatic N) is 1. The molecule has 0 aromatic carbocycles. The van der Waals surface area contributed by atoms with Crippen LogP contribution in [-0.4, -0.2) is 9.81 Å². The Morgan fingerprint density at radius 2 is 2.31 bits per heavy atom. The van der Waals surface area contributed by atoms with Crippen LogP contribution in [0.3, 0.4) is 0 Å². The first kappa shape index (κ1) is 10.8. The maximum Gasteiger partial charge on any atom is 0.0471 e. The van der Waals surface area contributed by atoms with E-state index in [1.54, 1.807) is 0 Å². The average Bonchev–Trinajstić information content (AvgIpc) is 2.83. The molecule has 1 aromatic heterocycles. The number of pyridine rings is 1. The Morgan fingerprint density at radius 3 is 3.06 bits per heavy atom. The molecule has 1 aromatic rings. The van der Waals surface area contributed by atoms with Crippen LogP contribution < -0.4 is 0 Å². The molecule has 0 N–H and O–H groups in total. The first-order chi connectivity index (χ1) is 7.69. The Kier molecular flexibility index (Phi) is 2.58. The van der Waals surface area contributed by atoms with Gasteiger partial charge in [-0.15, -0.1) is 0 Å². The van der Waals surface area contributed by atoms with Gasteiger partial charge in [0.15, 0.2) is 0 Å². The van der Waals surface area contributed by atoms with Gasteiger partial charge >= 0.3 is 0 Å². The lowest BCUT2D eigenvalue weighted by Gasteiger charge is -2.31. The number of hydrogen-bond donors (Lipinski definition) is 0. The van der Waals surface area contributed by atoms with Gasteiger partial charge in [-0.1, -0.05) is 28.9 Å². The number of rotatable bonds is 1. The molecular weight excluding hydrogens is 262 g/mol. The monoisotopic (exact) mass is 279 g/mol. The summed E-state index contributed by atoms with van der Waals surface area (Å²) in [5.41, 5.74) is 3.37. The third kappa shape index (κ3) is 1.62. The van der Waals surface area contributed by atoms with Crippen LogP contribution in [0.15, 0.2) is 18.3 Å². The summed E-state index contributed by atoms with van der Waals surface area (Å²) in [6.07, 6.45) is 8.49. The van der Waals surface area contributed by atoms with Crippen LogP contribution >= 0.6 is 15.9 Å². The number of fused-ring (bicyclic) bond motifs is 1. The van der Waals surface area contributed by atoms with Crippen LogP contribution in [0.5, 0.6) is 0 Å². The summed E-state index contributed by atoms with van der Waals surface area (Å²) < 4.78 is 0. The molecule has 3 atom stereocenters. The van der Waals surface area contributed by atoms with E-state index in [1.165, 1.54) is 43.4 Å². The van der Waals surface area contributed by atoms with Crippen molar-refractivity contribution in [3.63, 3.8) is 0 Å². The largest absolute Gasteiger partial charge is 0.261 e. The van der Waals surface area contributed by atoms with Gasteiger partial charge in [-0.3, -0.25) is 4.98 Å². The first-order valence-electron chi connectivity index (χ1n) is 6.27. The van der Waals surface area contributed by atoms with Gasteiger partial charge in [-0.25, -0.2) is 0 Å². The topological polar surface area (TPSA) is 12.9 Å². The van der Waals surface area contributed by atoms with Crippen molar-refractivity contribution in [2.75, 3.05) is 0 Å². The molecule has 2 heteroatoms. The second kappa shape index (κ2) is 3.83. The third-order valence-electron chi connectivity index (χ3n) is 4.52. The Hall–Kier alpha value is -0.370. The highest BCUT2D eigenvalue weighted by Crippen LogP contribution is 2.54. The summed E-state index contributed by atoms with van der Waals surface area (Å²) in [5, 5.41) is 0. The average molecular weight is 280 g/mol. The number of aryl methyl sites for hydroxylation is 1. The molecule has 0 radical (unpaired) electrons. The second-order valence-corrected chi connectivity index (χ2v) is 6.93. The molecule has 1 fully saturated rings. The van der Waals surface area contributed by atoms with Gasteiger partial charge in [-0.2, -0.15) is 0 Å². The Morgan fingerprint density at radius 1 is 1.44 bits per heavy atom. The minimum Gasteiger partial charge on any atom is -0.261 e. The van der Waals surface area contributed by atoms with Crippen molar-refractivity contribution >= 4 is 15.9 Å². The Balaban J connectivity index is 1.93. The van der Waals surface area contributed by atoms with E-state index in [-0.39, 0.29) is 0 Å². The maximum atomic E-state index is 4.64. The standard InChI is InChI=1S/C14H18BrN/c1-14(7-6-11(15)9-14)12-5-4-10-3-2-8-16-13(10)12/h2-3,8,11-12H,4-7,9H2,1H3. The van der Waals surface area contributed by atoms with Crippen molar-refractivity contribution in [3.05, 3.63) is 29.6 Å². The van der Waals surface area contributed by atoms with E-state index in [2.05, 4.69) is 40.0 Å². The minimum absolute atomic E-state index is 0.480. The van der Waals surface area contributed by atoms with E-state index in [0.717, 1.165) is 4.83 Å². The van der Waals surface area contributed by atoms with E-state index in [9.17, 15) is 0 Å². The molecule has 3 unspecified atom stereocenters. The van der Waals surface area contributed by atoms with Crippen molar-refractivity contribution < 1.29 is 0 Å². The lowest BCUT2D eigenvalue weighted by Crippen LogP contribution is -2.21. The molecule has 86 valence electrons. The van der Waals surface area contributed by atoms with E-state index in [1.807, 2.05) is 6.20 Å². The summed E-state index contributed by atoms with van der Waals surface area (Å²) in [7, 11) is 0. The zero-order valence-electron chi connectivity index (χ0n) is 9.75. The summed E-state index contributed by atoms with van der Waals surface area (Å²) in [4.78, 5) is 5.37. The lowest BCUT2D eigenvalue weighted by atomic mass is 9.74. The van der Waals surface area contributed by atoms with Crippen molar-refractivity contribution in [3.8, 4) is 0 Å². The van der Waals surface area contributed by atoms with E-state index < -0.39 is 0 Å². The molecule has 0 bridgehead atoms. The zero-order valence-corrected chi connectivity index (χ0v) is 11.3. The number of halogens is 1. The normalized spacial score (nSPS) is 37.6. The van der Waals surface area contributed by atoms with Gasteiger partial charge in [-0.05, 0) is 49.1 Å². The molecule has 1 heterocycles. The second-order valence-electron chi connectivity index (χ2n) is 5.63. The van der Waals surface area contributed by atoms with Gasteiger partial charge in [0.2, 0.25) is 0 Å². The van der Waals surface area contributed by atoms with Crippen molar-refractivity contribution in [2.45, 2.75) is 49.8 Å². The zero-order chi connectivity index (χ0) is 11.2. The summed E-state index contributed by atoms with van der Waals surface area (Å²) >= 11 is 3.78. The molecule has 2 aliphatic carbocycles. The van der Waals surface area contributed by atoms with Crippen LogP contribution in [0.4, 0.5) is 0 Å². The fourth-order valence-corrected chi connectivity index (χ4v) is 4.57. The predicted octanol–water partition coefficient (Wildman–Crippen LogP) is 4.07. The summed E-state index contributed by atoms with van der Waals surface area (Å²) in [6, 6.07) is 4.33. The molecule has 1 saturated carbocycles. The van der Waals surface area contributed by atoms with Crippen molar-refractivity contribution in [1.82, 2.24) is 4.98 Å². The molecule has 0 saturated heterocycles. The van der Waals surface area contributed by atoms with Crippen LogP contribution in [0.25, 0.3) is 0 Å². The molecule has 2 aliphatic rings. The van der Waals surface area contributed by atoms with Crippen LogP contribution in [0.2, 0.25) is 0 Å². The van der Waals surface area contributed by atoms with Gasteiger partial charge in [0.05, 0.1) is 0 Å². The predicted molar refractivity (Wildman–Crippen MR) is 70.0 cm³/mol. The minimum atomic E-state index is 0.480. The van der Waals surface area contributed by atoms with Crippen LogP contribution in [-0.2, 0) is 6.42 Å². The van der Waals surface area contributed by atoms with Crippen LogP contribution in [0, 0.1) is 5.41 Å². The molecule has 0 amide bonds. The molecule has 16 heavy (non-hydrogen) atoms. The fraction of sp³-hybridized carbons (Fsp3) is 0.643. The summed E-state index contributed by atoms with van der Waals surface area (Å²) in [6.45, 7) is 2.46. The van der Waals surface area contributed by atoms with Gasteiger partial charge < -0.3 is 0 Å². The molecule has 3 rings (SSSR count). The first-order valence-corrected chi connectivity index (χ1v) is 7.18. The molecule has 0 spiro atoms. The third-order valence-corrected chi connectivity index (χ3v) is 5.30. The molecular formula is C14H18BrN. The smallest absolute Gasteiger partial charge is 0.0471 e. The fourth-order valence-electron chi connectivity index (χ4n) is 3.60. The van der Waals surface area contributed by atoms with E-state index in [4.69, 9.17) is 0 Å². The van der Waals surface area contributed by atoms with Crippen LogP contribution in [0.1, 0.15) is 49.8 Å². The summed E-state index contributed by atoms with van der Waals surface area (Å²) in [5.74, 6) is 0.700. The Bertz CT molecular complexity index is 403. The quantitative estimate of drug-likeness (QED) is 0.707. The highest BCUT2D eigenvalue weighted by Gasteiger charge is 2.44. The Labute approximate surface area is 106 Å². The van der Waals surface area contributed by atoms with Gasteiger partial charge in [0.1, 0.15) is 0 Å².